The van der Waals surface area contributed by atoms with Crippen LogP contribution < -0.4 is 15.8 Å². The highest BCUT2D eigenvalue weighted by Crippen LogP contribution is 2.27. The van der Waals surface area contributed by atoms with Gasteiger partial charge in [-0.15, -0.1) is 0 Å². The van der Waals surface area contributed by atoms with E-state index in [1.54, 1.807) is 61.2 Å². The number of para-hydroxylation sites is 1. The van der Waals surface area contributed by atoms with Gasteiger partial charge in [0.1, 0.15) is 17.1 Å². The molecule has 3 rings (SSSR count). The number of halogens is 1. The van der Waals surface area contributed by atoms with Crippen LogP contribution in [0.3, 0.4) is 0 Å². The molecule has 3 aromatic rings. The highest BCUT2D eigenvalue weighted by molar-refractivity contribution is 6.31. The van der Waals surface area contributed by atoms with Crippen molar-refractivity contribution >= 4 is 35.1 Å². The van der Waals surface area contributed by atoms with Gasteiger partial charge in [-0.1, -0.05) is 42.7 Å². The van der Waals surface area contributed by atoms with Crippen molar-refractivity contribution in [1.82, 2.24) is 10.1 Å². The van der Waals surface area contributed by atoms with Crippen LogP contribution in [0.1, 0.15) is 58.5 Å². The topological polar surface area (TPSA) is 128 Å². The number of benzene rings is 2. The molecule has 0 saturated carbocycles. The number of nitrogens with two attached hydrogens (primary N) is 1. The predicted molar refractivity (Wildman–Crippen MR) is 141 cm³/mol. The molecule has 2 aromatic carbocycles. The van der Waals surface area contributed by atoms with E-state index in [4.69, 9.17) is 26.6 Å². The normalized spacial score (nSPS) is 11.2. The number of nitrogens with one attached hydrogen (secondary N) is 1. The van der Waals surface area contributed by atoms with Crippen molar-refractivity contribution in [2.24, 2.45) is 11.1 Å². The fourth-order valence-electron chi connectivity index (χ4n) is 3.80. The zero-order chi connectivity index (χ0) is 27.3. The van der Waals surface area contributed by atoms with Gasteiger partial charge in [0.25, 0.3) is 11.8 Å². The van der Waals surface area contributed by atoms with Gasteiger partial charge in [-0.05, 0) is 61.7 Å². The Labute approximate surface area is 220 Å². The number of hydrogen-bond donors (Lipinski definition) is 2. The van der Waals surface area contributed by atoms with E-state index in [1.165, 1.54) is 6.92 Å². The van der Waals surface area contributed by atoms with Gasteiger partial charge >= 0.3 is 5.97 Å². The summed E-state index contributed by atoms with van der Waals surface area (Å²) in [5, 5.41) is 7.15. The number of hydrogen-bond acceptors (Lipinski definition) is 7. The highest BCUT2D eigenvalue weighted by atomic mass is 35.5. The molecule has 1 heterocycles. The molecule has 0 fully saturated rings. The molecule has 0 unspecified atom stereocenters. The predicted octanol–water partition coefficient (Wildman–Crippen LogP) is 4.75. The molecule has 3 N–H and O–H groups in total. The first-order valence-corrected chi connectivity index (χ1v) is 12.1. The molecule has 0 spiro atoms. The van der Waals surface area contributed by atoms with E-state index in [1.807, 2.05) is 13.8 Å². The molecule has 9 nitrogen and oxygen atoms in total. The number of aromatic nitrogens is 1. The number of nitrogens with zero attached hydrogens (tertiary/aromatic N) is 2. The summed E-state index contributed by atoms with van der Waals surface area (Å²) in [6.45, 7) is 9.50. The van der Waals surface area contributed by atoms with E-state index in [9.17, 15) is 14.4 Å². The lowest BCUT2D eigenvalue weighted by Crippen LogP contribution is -2.42. The molecule has 1 aromatic heterocycles. The largest absolute Gasteiger partial charge is 0.426 e. The van der Waals surface area contributed by atoms with Gasteiger partial charge in [-0.3, -0.25) is 14.4 Å². The van der Waals surface area contributed by atoms with Gasteiger partial charge in [0.15, 0.2) is 0 Å². The van der Waals surface area contributed by atoms with Crippen LogP contribution >= 0.6 is 11.6 Å². The molecular weight excluding hydrogens is 496 g/mol. The Hall–Kier alpha value is -3.69. The van der Waals surface area contributed by atoms with Crippen LogP contribution in [0.2, 0.25) is 5.02 Å². The summed E-state index contributed by atoms with van der Waals surface area (Å²) in [6.07, 6.45) is 0. The summed E-state index contributed by atoms with van der Waals surface area (Å²) < 4.78 is 10.4. The van der Waals surface area contributed by atoms with Gasteiger partial charge < -0.3 is 25.2 Å². The molecule has 0 aliphatic rings. The van der Waals surface area contributed by atoms with Crippen LogP contribution in [0.25, 0.3) is 0 Å². The lowest BCUT2D eigenvalue weighted by Gasteiger charge is -2.32. The Morgan fingerprint density at radius 2 is 1.86 bits per heavy atom. The first-order chi connectivity index (χ1) is 17.4. The number of rotatable bonds is 9. The number of ether oxygens (including phenoxy) is 1. The summed E-state index contributed by atoms with van der Waals surface area (Å²) in [4.78, 5) is 39.6. The van der Waals surface area contributed by atoms with E-state index in [-0.39, 0.29) is 29.2 Å². The molecule has 0 radical (unpaired) electrons. The van der Waals surface area contributed by atoms with Crippen molar-refractivity contribution in [3.63, 3.8) is 0 Å². The molecule has 196 valence electrons. The Morgan fingerprint density at radius 1 is 1.16 bits per heavy atom. The summed E-state index contributed by atoms with van der Waals surface area (Å²) in [5.74, 6) is -0.660. The maximum absolute atomic E-state index is 13.6. The van der Waals surface area contributed by atoms with Crippen molar-refractivity contribution in [3.8, 4) is 5.75 Å². The van der Waals surface area contributed by atoms with Crippen LogP contribution in [0.5, 0.6) is 5.75 Å². The van der Waals surface area contributed by atoms with Crippen molar-refractivity contribution < 1.29 is 23.6 Å². The molecule has 0 atom stereocenters. The van der Waals surface area contributed by atoms with Crippen LogP contribution in [0, 0.1) is 19.3 Å². The zero-order valence-corrected chi connectivity index (χ0v) is 22.3. The second-order valence-electron chi connectivity index (χ2n) is 9.58. The smallest absolute Gasteiger partial charge is 0.308 e. The lowest BCUT2D eigenvalue weighted by molar-refractivity contribution is -0.131. The van der Waals surface area contributed by atoms with E-state index in [0.29, 0.717) is 46.4 Å². The minimum atomic E-state index is -0.530. The van der Waals surface area contributed by atoms with Gasteiger partial charge in [-0.2, -0.15) is 0 Å². The summed E-state index contributed by atoms with van der Waals surface area (Å²) in [7, 11) is 0. The third-order valence-corrected chi connectivity index (χ3v) is 6.12. The van der Waals surface area contributed by atoms with Crippen LogP contribution in [0.15, 0.2) is 47.0 Å². The van der Waals surface area contributed by atoms with Crippen molar-refractivity contribution in [2.45, 2.75) is 41.2 Å². The van der Waals surface area contributed by atoms with Gasteiger partial charge in [-0.25, -0.2) is 0 Å². The minimum Gasteiger partial charge on any atom is -0.426 e. The van der Waals surface area contributed by atoms with Crippen LogP contribution in [-0.4, -0.2) is 40.9 Å². The lowest BCUT2D eigenvalue weighted by atomic mass is 9.92. The summed E-state index contributed by atoms with van der Waals surface area (Å²) in [5.41, 5.74) is 7.78. The number of carbonyl (C=O) groups excluding carboxylic acids is 3. The second-order valence-corrected chi connectivity index (χ2v) is 9.99. The SMILES string of the molecule is CC(=O)Oc1ccccc1C(=O)Nc1ccc(Cl)c(CN(CC(C)(C)CN)C(=O)c2c(C)noc2C)c1. The average Bonchev–Trinajstić information content (AvgIpc) is 3.17. The number of esters is 1. The van der Waals surface area contributed by atoms with E-state index < -0.39 is 11.9 Å². The van der Waals surface area contributed by atoms with Crippen LogP contribution in [-0.2, 0) is 11.3 Å². The Balaban J connectivity index is 1.90. The third-order valence-electron chi connectivity index (χ3n) is 5.76. The molecule has 0 aliphatic heterocycles. The number of anilines is 1. The van der Waals surface area contributed by atoms with Crippen molar-refractivity contribution in [1.29, 1.82) is 0 Å². The van der Waals surface area contributed by atoms with Crippen molar-refractivity contribution in [3.05, 3.63) is 75.6 Å². The minimum absolute atomic E-state index is 0.155. The number of aryl methyl sites for hydroxylation is 2. The number of carbonyl (C=O) groups is 3. The molecule has 10 heteroatoms. The highest BCUT2D eigenvalue weighted by Gasteiger charge is 2.29. The van der Waals surface area contributed by atoms with E-state index in [0.717, 1.165) is 0 Å². The quantitative estimate of drug-likeness (QED) is 0.304. The van der Waals surface area contributed by atoms with E-state index >= 15 is 0 Å². The fourth-order valence-corrected chi connectivity index (χ4v) is 3.98. The monoisotopic (exact) mass is 526 g/mol. The Bertz CT molecular complexity index is 1300. The molecule has 37 heavy (non-hydrogen) atoms. The maximum Gasteiger partial charge on any atom is 0.308 e. The Kier molecular flexibility index (Phi) is 8.73. The second kappa shape index (κ2) is 11.6. The number of amides is 2. The Morgan fingerprint density at radius 3 is 2.49 bits per heavy atom. The molecule has 0 saturated heterocycles. The first kappa shape index (κ1) is 27.9. The summed E-state index contributed by atoms with van der Waals surface area (Å²) >= 11 is 6.51. The molecule has 0 bridgehead atoms. The molecular formula is C27H31ClN4O5. The van der Waals surface area contributed by atoms with E-state index in [2.05, 4.69) is 10.5 Å². The first-order valence-electron chi connectivity index (χ1n) is 11.7. The van der Waals surface area contributed by atoms with Crippen LogP contribution in [0.4, 0.5) is 5.69 Å². The van der Waals surface area contributed by atoms with Gasteiger partial charge in [0, 0.05) is 30.7 Å². The molecule has 2 amide bonds. The summed E-state index contributed by atoms with van der Waals surface area (Å²) in [6, 6.07) is 11.5. The maximum atomic E-state index is 13.6. The zero-order valence-electron chi connectivity index (χ0n) is 21.6. The third kappa shape index (κ3) is 6.96. The van der Waals surface area contributed by atoms with Gasteiger partial charge in [0.05, 0.1) is 11.3 Å². The van der Waals surface area contributed by atoms with Gasteiger partial charge in [0.2, 0.25) is 0 Å². The average molecular weight is 527 g/mol. The standard InChI is InChI=1S/C27H31ClN4O5/c1-16-24(17(2)37-31-16)26(35)32(15-27(4,5)14-29)13-19-12-20(10-11-22(19)28)30-25(34)21-8-6-7-9-23(21)36-18(3)33/h6-12H,13-15,29H2,1-5H3,(H,30,34). The molecule has 0 aliphatic carbocycles. The van der Waals surface area contributed by atoms with Crippen molar-refractivity contribution in [2.75, 3.05) is 18.4 Å². The fraction of sp³-hybridized carbons (Fsp3) is 0.333.